The number of likely N-dealkylation sites (N-methyl/N-ethyl adjacent to an activating group) is 1. The van der Waals surface area contributed by atoms with Gasteiger partial charge in [-0.3, -0.25) is 4.79 Å². The van der Waals surface area contributed by atoms with Crippen molar-refractivity contribution in [1.82, 2.24) is 15.5 Å². The molecule has 1 amide bonds. The SMILES string of the molecule is CCCNCC(=O)NCCN(CC)CCC. The number of rotatable bonds is 10. The molecule has 96 valence electrons. The Morgan fingerprint density at radius 1 is 1.06 bits per heavy atom. The van der Waals surface area contributed by atoms with E-state index in [0.717, 1.165) is 39.1 Å². The molecule has 2 N–H and O–H groups in total. The van der Waals surface area contributed by atoms with Crippen LogP contribution in [0.25, 0.3) is 0 Å². The monoisotopic (exact) mass is 229 g/mol. The number of amides is 1. The first kappa shape index (κ1) is 15.4. The van der Waals surface area contributed by atoms with Gasteiger partial charge in [-0.1, -0.05) is 20.8 Å². The lowest BCUT2D eigenvalue weighted by Crippen LogP contribution is -2.39. The number of carbonyl (C=O) groups excluding carboxylic acids is 1. The molecule has 0 heterocycles. The summed E-state index contributed by atoms with van der Waals surface area (Å²) >= 11 is 0. The van der Waals surface area contributed by atoms with Crippen LogP contribution in [-0.2, 0) is 4.79 Å². The summed E-state index contributed by atoms with van der Waals surface area (Å²) in [4.78, 5) is 13.7. The van der Waals surface area contributed by atoms with Gasteiger partial charge < -0.3 is 15.5 Å². The lowest BCUT2D eigenvalue weighted by Gasteiger charge is -2.19. The summed E-state index contributed by atoms with van der Waals surface area (Å²) in [5.41, 5.74) is 0. The first-order valence-corrected chi connectivity index (χ1v) is 6.44. The van der Waals surface area contributed by atoms with Gasteiger partial charge in [0, 0.05) is 13.1 Å². The number of hydrogen-bond acceptors (Lipinski definition) is 3. The highest BCUT2D eigenvalue weighted by Gasteiger charge is 2.02. The van der Waals surface area contributed by atoms with Gasteiger partial charge in [0.1, 0.15) is 0 Å². The molecule has 0 saturated carbocycles. The number of hydrogen-bond donors (Lipinski definition) is 2. The highest BCUT2D eigenvalue weighted by molar-refractivity contribution is 5.77. The topological polar surface area (TPSA) is 44.4 Å². The molecule has 0 atom stereocenters. The number of nitrogens with one attached hydrogen (secondary N) is 2. The van der Waals surface area contributed by atoms with Crippen LogP contribution in [0.5, 0.6) is 0 Å². The maximum Gasteiger partial charge on any atom is 0.234 e. The predicted molar refractivity (Wildman–Crippen MR) is 68.6 cm³/mol. The van der Waals surface area contributed by atoms with Crippen LogP contribution in [0, 0.1) is 0 Å². The van der Waals surface area contributed by atoms with E-state index in [0.29, 0.717) is 6.54 Å². The zero-order valence-corrected chi connectivity index (χ0v) is 11.0. The minimum atomic E-state index is 0.0981. The average molecular weight is 229 g/mol. The molecule has 4 nitrogen and oxygen atoms in total. The van der Waals surface area contributed by atoms with Crippen LogP contribution in [0.3, 0.4) is 0 Å². The largest absolute Gasteiger partial charge is 0.354 e. The highest BCUT2D eigenvalue weighted by Crippen LogP contribution is 1.88. The summed E-state index contributed by atoms with van der Waals surface area (Å²) in [7, 11) is 0. The minimum absolute atomic E-state index is 0.0981. The van der Waals surface area contributed by atoms with E-state index in [2.05, 4.69) is 36.3 Å². The molecule has 0 aromatic heterocycles. The summed E-state index contributed by atoms with van der Waals surface area (Å²) in [5.74, 6) is 0.0981. The molecule has 0 radical (unpaired) electrons. The number of nitrogens with zero attached hydrogens (tertiary/aromatic N) is 1. The van der Waals surface area contributed by atoms with Gasteiger partial charge in [0.05, 0.1) is 6.54 Å². The Hall–Kier alpha value is -0.610. The van der Waals surface area contributed by atoms with Gasteiger partial charge in [0.15, 0.2) is 0 Å². The van der Waals surface area contributed by atoms with Crippen molar-refractivity contribution in [2.45, 2.75) is 33.6 Å². The molecule has 0 aromatic rings. The van der Waals surface area contributed by atoms with Crippen LogP contribution in [-0.4, -0.2) is 50.1 Å². The Bertz CT molecular complexity index is 174. The third-order valence-electron chi connectivity index (χ3n) is 2.45. The van der Waals surface area contributed by atoms with Crippen LogP contribution < -0.4 is 10.6 Å². The quantitative estimate of drug-likeness (QED) is 0.546. The molecular formula is C12H27N3O. The fraction of sp³-hybridized carbons (Fsp3) is 0.917. The molecule has 0 unspecified atom stereocenters. The average Bonchev–Trinajstić information content (AvgIpc) is 2.28. The lowest BCUT2D eigenvalue weighted by atomic mass is 10.4. The summed E-state index contributed by atoms with van der Waals surface area (Å²) in [6.07, 6.45) is 2.23. The molecule has 16 heavy (non-hydrogen) atoms. The second-order valence-electron chi connectivity index (χ2n) is 3.96. The van der Waals surface area contributed by atoms with Gasteiger partial charge in [0.2, 0.25) is 5.91 Å². The first-order valence-electron chi connectivity index (χ1n) is 6.44. The molecule has 0 bridgehead atoms. The molecule has 0 spiro atoms. The van der Waals surface area contributed by atoms with Gasteiger partial charge in [-0.25, -0.2) is 0 Å². The summed E-state index contributed by atoms with van der Waals surface area (Å²) in [5, 5.41) is 6.01. The van der Waals surface area contributed by atoms with Crippen LogP contribution in [0.4, 0.5) is 0 Å². The molecule has 0 saturated heterocycles. The fourth-order valence-electron chi connectivity index (χ4n) is 1.54. The van der Waals surface area contributed by atoms with E-state index >= 15 is 0 Å². The van der Waals surface area contributed by atoms with E-state index < -0.39 is 0 Å². The van der Waals surface area contributed by atoms with Crippen molar-refractivity contribution in [3.63, 3.8) is 0 Å². The van der Waals surface area contributed by atoms with Crippen molar-refractivity contribution in [2.75, 3.05) is 39.3 Å². The normalized spacial score (nSPS) is 10.8. The molecule has 0 aliphatic carbocycles. The molecule has 0 aromatic carbocycles. The van der Waals surface area contributed by atoms with Gasteiger partial charge in [-0.05, 0) is 32.5 Å². The predicted octanol–water partition coefficient (Wildman–Crippen LogP) is 0.834. The van der Waals surface area contributed by atoms with Crippen molar-refractivity contribution in [3.8, 4) is 0 Å². The van der Waals surface area contributed by atoms with Crippen molar-refractivity contribution in [3.05, 3.63) is 0 Å². The van der Waals surface area contributed by atoms with Crippen molar-refractivity contribution >= 4 is 5.91 Å². The van der Waals surface area contributed by atoms with E-state index in [-0.39, 0.29) is 5.91 Å². The van der Waals surface area contributed by atoms with Crippen molar-refractivity contribution in [1.29, 1.82) is 0 Å². The fourth-order valence-corrected chi connectivity index (χ4v) is 1.54. The molecule has 0 aliphatic rings. The standard InChI is InChI=1S/C12H27N3O/c1-4-7-13-11-12(16)14-8-10-15(6-3)9-5-2/h13H,4-11H2,1-3H3,(H,14,16). The van der Waals surface area contributed by atoms with E-state index in [1.165, 1.54) is 6.42 Å². The summed E-state index contributed by atoms with van der Waals surface area (Å²) in [6.45, 7) is 11.6. The Labute approximate surface area is 99.8 Å². The van der Waals surface area contributed by atoms with Crippen molar-refractivity contribution in [2.24, 2.45) is 0 Å². The molecule has 0 aliphatic heterocycles. The first-order chi connectivity index (χ1) is 7.74. The Morgan fingerprint density at radius 2 is 1.81 bits per heavy atom. The van der Waals surface area contributed by atoms with Crippen LogP contribution in [0.1, 0.15) is 33.6 Å². The van der Waals surface area contributed by atoms with Gasteiger partial charge in [-0.15, -0.1) is 0 Å². The third kappa shape index (κ3) is 8.68. The molecule has 0 fully saturated rings. The van der Waals surface area contributed by atoms with E-state index in [9.17, 15) is 4.79 Å². The summed E-state index contributed by atoms with van der Waals surface area (Å²) in [6, 6.07) is 0. The zero-order chi connectivity index (χ0) is 12.2. The molecule has 0 rings (SSSR count). The van der Waals surface area contributed by atoms with Gasteiger partial charge >= 0.3 is 0 Å². The third-order valence-corrected chi connectivity index (χ3v) is 2.45. The maximum absolute atomic E-state index is 11.4. The van der Waals surface area contributed by atoms with Crippen LogP contribution >= 0.6 is 0 Å². The Balaban J connectivity index is 3.44. The van der Waals surface area contributed by atoms with Crippen LogP contribution in [0.15, 0.2) is 0 Å². The lowest BCUT2D eigenvalue weighted by molar-refractivity contribution is -0.120. The molecular weight excluding hydrogens is 202 g/mol. The maximum atomic E-state index is 11.4. The number of carbonyl (C=O) groups is 1. The Morgan fingerprint density at radius 3 is 2.38 bits per heavy atom. The zero-order valence-electron chi connectivity index (χ0n) is 11.0. The smallest absolute Gasteiger partial charge is 0.234 e. The van der Waals surface area contributed by atoms with Gasteiger partial charge in [0.25, 0.3) is 0 Å². The molecule has 4 heteroatoms. The van der Waals surface area contributed by atoms with E-state index in [1.807, 2.05) is 0 Å². The van der Waals surface area contributed by atoms with E-state index in [1.54, 1.807) is 0 Å². The minimum Gasteiger partial charge on any atom is -0.354 e. The van der Waals surface area contributed by atoms with E-state index in [4.69, 9.17) is 0 Å². The van der Waals surface area contributed by atoms with Crippen LogP contribution in [0.2, 0.25) is 0 Å². The second-order valence-corrected chi connectivity index (χ2v) is 3.96. The van der Waals surface area contributed by atoms with Crippen molar-refractivity contribution < 1.29 is 4.79 Å². The second kappa shape index (κ2) is 10.9. The highest BCUT2D eigenvalue weighted by atomic mass is 16.1. The summed E-state index contributed by atoms with van der Waals surface area (Å²) < 4.78 is 0. The Kier molecular flexibility index (Phi) is 10.5. The van der Waals surface area contributed by atoms with Gasteiger partial charge in [-0.2, -0.15) is 0 Å².